The second kappa shape index (κ2) is 7.78. The van der Waals surface area contributed by atoms with Crippen LogP contribution in [0, 0.1) is 0 Å². The first kappa shape index (κ1) is 15.5. The van der Waals surface area contributed by atoms with Crippen molar-refractivity contribution in [2.45, 2.75) is 6.92 Å². The third kappa shape index (κ3) is 4.97. The molecule has 7 heteroatoms. The molecule has 3 amide bonds. The Hall–Kier alpha value is -2.57. The van der Waals surface area contributed by atoms with Gasteiger partial charge in [-0.05, 0) is 12.1 Å². The fourth-order valence-electron chi connectivity index (χ4n) is 1.42. The zero-order valence-electron chi connectivity index (χ0n) is 11.4. The third-order valence-corrected chi connectivity index (χ3v) is 2.35. The molecular weight excluding hydrogens is 262 g/mol. The largest absolute Gasteiger partial charge is 0.495 e. The first-order chi connectivity index (χ1) is 9.54. The van der Waals surface area contributed by atoms with Gasteiger partial charge in [0.05, 0.1) is 12.8 Å². The van der Waals surface area contributed by atoms with Crippen LogP contribution in [0.1, 0.15) is 6.92 Å². The number of rotatable bonds is 5. The number of amides is 3. The first-order valence-electron chi connectivity index (χ1n) is 6.01. The molecule has 0 heterocycles. The fraction of sp³-hybridized carbons (Fsp3) is 0.308. The lowest BCUT2D eigenvalue weighted by atomic mass is 10.3. The minimum absolute atomic E-state index is 0.178. The summed E-state index contributed by atoms with van der Waals surface area (Å²) in [5, 5.41) is 7.34. The number of methoxy groups -OCH3 is 1. The van der Waals surface area contributed by atoms with Gasteiger partial charge in [0, 0.05) is 20.0 Å². The quantitative estimate of drug-likeness (QED) is 0.517. The van der Waals surface area contributed by atoms with Gasteiger partial charge in [-0.3, -0.25) is 14.4 Å². The number of anilines is 1. The van der Waals surface area contributed by atoms with E-state index in [9.17, 15) is 14.4 Å². The summed E-state index contributed by atoms with van der Waals surface area (Å²) in [6.07, 6.45) is 0. The summed E-state index contributed by atoms with van der Waals surface area (Å²) in [4.78, 5) is 33.8. The molecule has 0 unspecified atom stereocenters. The zero-order valence-corrected chi connectivity index (χ0v) is 11.4. The number of hydrogen-bond acceptors (Lipinski definition) is 4. The molecule has 7 nitrogen and oxygen atoms in total. The highest BCUT2D eigenvalue weighted by atomic mass is 16.5. The van der Waals surface area contributed by atoms with E-state index in [2.05, 4.69) is 16.0 Å². The maximum Gasteiger partial charge on any atom is 0.313 e. The Morgan fingerprint density at radius 2 is 1.70 bits per heavy atom. The van der Waals surface area contributed by atoms with Gasteiger partial charge in [-0.2, -0.15) is 0 Å². The van der Waals surface area contributed by atoms with Crippen molar-refractivity contribution >= 4 is 23.4 Å². The molecule has 0 aliphatic heterocycles. The van der Waals surface area contributed by atoms with Crippen LogP contribution in [0.5, 0.6) is 5.75 Å². The van der Waals surface area contributed by atoms with Gasteiger partial charge in [0.15, 0.2) is 0 Å². The smallest absolute Gasteiger partial charge is 0.313 e. The van der Waals surface area contributed by atoms with Crippen LogP contribution in [0.2, 0.25) is 0 Å². The minimum Gasteiger partial charge on any atom is -0.495 e. The predicted molar refractivity (Wildman–Crippen MR) is 73.3 cm³/mol. The van der Waals surface area contributed by atoms with Gasteiger partial charge in [0.2, 0.25) is 5.91 Å². The molecule has 0 aliphatic rings. The van der Waals surface area contributed by atoms with E-state index in [4.69, 9.17) is 4.74 Å². The maximum absolute atomic E-state index is 11.6. The van der Waals surface area contributed by atoms with E-state index in [-0.39, 0.29) is 19.0 Å². The van der Waals surface area contributed by atoms with E-state index >= 15 is 0 Å². The lowest BCUT2D eigenvalue weighted by Crippen LogP contribution is -2.39. The van der Waals surface area contributed by atoms with Crippen molar-refractivity contribution < 1.29 is 19.1 Å². The molecule has 0 spiro atoms. The molecule has 0 radical (unpaired) electrons. The van der Waals surface area contributed by atoms with E-state index in [1.165, 1.54) is 14.0 Å². The van der Waals surface area contributed by atoms with Crippen molar-refractivity contribution in [1.29, 1.82) is 0 Å². The molecule has 108 valence electrons. The number of benzene rings is 1. The van der Waals surface area contributed by atoms with Crippen LogP contribution in [0.4, 0.5) is 5.69 Å². The molecule has 0 saturated carbocycles. The van der Waals surface area contributed by atoms with Crippen LogP contribution in [0.25, 0.3) is 0 Å². The Morgan fingerprint density at radius 3 is 2.35 bits per heavy atom. The van der Waals surface area contributed by atoms with Crippen molar-refractivity contribution in [3.05, 3.63) is 24.3 Å². The molecule has 20 heavy (non-hydrogen) atoms. The Bertz CT molecular complexity index is 502. The molecule has 0 aromatic heterocycles. The predicted octanol–water partition coefficient (Wildman–Crippen LogP) is -0.114. The summed E-state index contributed by atoms with van der Waals surface area (Å²) in [7, 11) is 1.47. The highest BCUT2D eigenvalue weighted by Crippen LogP contribution is 2.22. The molecule has 0 aliphatic carbocycles. The number of para-hydroxylation sites is 2. The van der Waals surface area contributed by atoms with Gasteiger partial charge in [0.25, 0.3) is 0 Å². The van der Waals surface area contributed by atoms with Crippen LogP contribution < -0.4 is 20.7 Å². The van der Waals surface area contributed by atoms with Gasteiger partial charge in [-0.25, -0.2) is 0 Å². The molecule has 1 rings (SSSR count). The van der Waals surface area contributed by atoms with E-state index in [1.54, 1.807) is 24.3 Å². The van der Waals surface area contributed by atoms with Gasteiger partial charge in [-0.1, -0.05) is 12.1 Å². The first-order valence-corrected chi connectivity index (χ1v) is 6.01. The molecular formula is C13H17N3O4. The third-order valence-electron chi connectivity index (χ3n) is 2.35. The lowest BCUT2D eigenvalue weighted by Gasteiger charge is -2.10. The molecule has 3 N–H and O–H groups in total. The van der Waals surface area contributed by atoms with Crippen molar-refractivity contribution in [3.63, 3.8) is 0 Å². The molecule has 1 aromatic carbocycles. The van der Waals surface area contributed by atoms with Crippen LogP contribution in [0.15, 0.2) is 24.3 Å². The maximum atomic E-state index is 11.6. The summed E-state index contributed by atoms with van der Waals surface area (Å²) >= 11 is 0. The fourth-order valence-corrected chi connectivity index (χ4v) is 1.42. The Morgan fingerprint density at radius 1 is 1.05 bits per heavy atom. The summed E-state index contributed by atoms with van der Waals surface area (Å²) in [6, 6.07) is 6.76. The minimum atomic E-state index is -0.794. The Labute approximate surface area is 116 Å². The van der Waals surface area contributed by atoms with Crippen LogP contribution >= 0.6 is 0 Å². The summed E-state index contributed by atoms with van der Waals surface area (Å²) < 4.78 is 5.06. The SMILES string of the molecule is COc1ccccc1NC(=O)C(=O)NCCNC(C)=O. The molecule has 0 atom stereocenters. The number of carbonyl (C=O) groups is 3. The normalized spacial score (nSPS) is 9.50. The molecule has 0 fully saturated rings. The van der Waals surface area contributed by atoms with E-state index < -0.39 is 11.8 Å². The molecule has 0 saturated heterocycles. The topological polar surface area (TPSA) is 96.5 Å². The lowest BCUT2D eigenvalue weighted by molar-refractivity contribution is -0.136. The Kier molecular flexibility index (Phi) is 6.02. The van der Waals surface area contributed by atoms with Gasteiger partial charge in [0.1, 0.15) is 5.75 Å². The van der Waals surface area contributed by atoms with E-state index in [1.807, 2.05) is 0 Å². The van der Waals surface area contributed by atoms with E-state index in [0.29, 0.717) is 11.4 Å². The van der Waals surface area contributed by atoms with Gasteiger partial charge < -0.3 is 20.7 Å². The highest BCUT2D eigenvalue weighted by molar-refractivity contribution is 6.39. The average Bonchev–Trinajstić information content (AvgIpc) is 2.43. The summed E-state index contributed by atoms with van der Waals surface area (Å²) in [5.41, 5.74) is 0.414. The van der Waals surface area contributed by atoms with Crippen molar-refractivity contribution in [3.8, 4) is 5.75 Å². The zero-order chi connectivity index (χ0) is 15.0. The number of ether oxygens (including phenoxy) is 1. The number of nitrogens with one attached hydrogen (secondary N) is 3. The van der Waals surface area contributed by atoms with Crippen LogP contribution in [-0.4, -0.2) is 37.9 Å². The van der Waals surface area contributed by atoms with Gasteiger partial charge >= 0.3 is 11.8 Å². The second-order valence-corrected chi connectivity index (χ2v) is 3.89. The second-order valence-electron chi connectivity index (χ2n) is 3.89. The van der Waals surface area contributed by atoms with Crippen LogP contribution in [-0.2, 0) is 14.4 Å². The van der Waals surface area contributed by atoms with Crippen LogP contribution in [0.3, 0.4) is 0 Å². The van der Waals surface area contributed by atoms with Crippen molar-refractivity contribution in [2.24, 2.45) is 0 Å². The molecule has 1 aromatic rings. The standard InChI is InChI=1S/C13H17N3O4/c1-9(17)14-7-8-15-12(18)13(19)16-10-5-3-4-6-11(10)20-2/h3-6H,7-8H2,1-2H3,(H,14,17)(H,15,18)(H,16,19). The van der Waals surface area contributed by atoms with Gasteiger partial charge in [-0.15, -0.1) is 0 Å². The monoisotopic (exact) mass is 279 g/mol. The van der Waals surface area contributed by atoms with Crippen molar-refractivity contribution in [1.82, 2.24) is 10.6 Å². The highest BCUT2D eigenvalue weighted by Gasteiger charge is 2.14. The number of hydrogen-bond donors (Lipinski definition) is 3. The Balaban J connectivity index is 2.45. The van der Waals surface area contributed by atoms with Crippen molar-refractivity contribution in [2.75, 3.05) is 25.5 Å². The molecule has 0 bridgehead atoms. The summed E-state index contributed by atoms with van der Waals surface area (Å²) in [6.45, 7) is 1.82. The number of carbonyl (C=O) groups excluding carboxylic acids is 3. The van der Waals surface area contributed by atoms with E-state index in [0.717, 1.165) is 0 Å². The summed E-state index contributed by atoms with van der Waals surface area (Å²) in [5.74, 6) is -1.30. The average molecular weight is 279 g/mol.